The minimum atomic E-state index is -1.29. The Balaban J connectivity index is 1.57. The summed E-state index contributed by atoms with van der Waals surface area (Å²) in [6, 6.07) is 5.65. The quantitative estimate of drug-likeness (QED) is 0.587. The number of aliphatic hydroxyl groups is 1. The second kappa shape index (κ2) is 9.61. The minimum Gasteiger partial charge on any atom is -0.494 e. The van der Waals surface area contributed by atoms with E-state index in [1.54, 1.807) is 16.7 Å². The zero-order chi connectivity index (χ0) is 26.5. The van der Waals surface area contributed by atoms with Gasteiger partial charge < -0.3 is 29.3 Å². The van der Waals surface area contributed by atoms with Gasteiger partial charge >= 0.3 is 0 Å². The van der Waals surface area contributed by atoms with Crippen LogP contribution in [0.15, 0.2) is 48.6 Å². The van der Waals surface area contributed by atoms with Crippen molar-refractivity contribution in [3.63, 3.8) is 0 Å². The summed E-state index contributed by atoms with van der Waals surface area (Å²) in [7, 11) is 0. The maximum Gasteiger partial charge on any atom is 0.249 e. The zero-order valence-electron chi connectivity index (χ0n) is 21.7. The Bertz CT molecular complexity index is 1130. The third kappa shape index (κ3) is 3.87. The van der Waals surface area contributed by atoms with Crippen LogP contribution in [0.4, 0.5) is 5.69 Å². The molecule has 37 heavy (non-hydrogen) atoms. The van der Waals surface area contributed by atoms with Crippen LogP contribution in [0.2, 0.25) is 0 Å². The van der Waals surface area contributed by atoms with E-state index in [1.807, 2.05) is 69.3 Å². The lowest BCUT2D eigenvalue weighted by atomic mass is 9.77. The van der Waals surface area contributed by atoms with Crippen LogP contribution < -0.4 is 9.64 Å². The monoisotopic (exact) mass is 509 g/mol. The molecule has 4 heterocycles. The van der Waals surface area contributed by atoms with Crippen LogP contribution >= 0.6 is 0 Å². The Kier molecular flexibility index (Phi) is 6.62. The van der Waals surface area contributed by atoms with E-state index in [1.165, 1.54) is 4.90 Å². The molecule has 0 aromatic heterocycles. The van der Waals surface area contributed by atoms with Crippen molar-refractivity contribution in [2.75, 3.05) is 31.2 Å². The summed E-state index contributed by atoms with van der Waals surface area (Å²) in [4.78, 5) is 46.9. The third-order valence-corrected chi connectivity index (χ3v) is 7.95. The number of ether oxygens (including phenoxy) is 2. The summed E-state index contributed by atoms with van der Waals surface area (Å²) < 4.78 is 12.1. The maximum absolute atomic E-state index is 14.1. The normalized spacial score (nSPS) is 31.8. The Labute approximate surface area is 217 Å². The van der Waals surface area contributed by atoms with Gasteiger partial charge in [-0.1, -0.05) is 24.3 Å². The summed E-state index contributed by atoms with van der Waals surface area (Å²) in [6.45, 7) is 8.45. The first-order valence-corrected chi connectivity index (χ1v) is 13.0. The molecule has 0 aliphatic carbocycles. The maximum atomic E-state index is 14.1. The van der Waals surface area contributed by atoms with E-state index >= 15 is 0 Å². The highest BCUT2D eigenvalue weighted by Gasteiger charge is 2.72. The smallest absolute Gasteiger partial charge is 0.249 e. The van der Waals surface area contributed by atoms with Crippen LogP contribution in [0.1, 0.15) is 27.7 Å². The fourth-order valence-electron chi connectivity index (χ4n) is 6.24. The number of anilines is 1. The molecular formula is C28H35N3O6. The molecule has 0 bridgehead atoms. The van der Waals surface area contributed by atoms with Crippen molar-refractivity contribution in [3.8, 4) is 5.75 Å². The first kappa shape index (κ1) is 25.5. The minimum absolute atomic E-state index is 0.0868. The number of carbonyl (C=O) groups excluding carboxylic acids is 3. The SMILES string of the molecule is CCOc1ccc(N2CC=C[C@H]3O[C@]45C=CCN(C(C)C)C(=O)C4N([C@H](C)CO)C(=O)[C@@H]5[C@H]3C2=O)cc1. The number of benzene rings is 1. The Morgan fingerprint density at radius 1 is 1.05 bits per heavy atom. The molecule has 1 aromatic rings. The molecule has 1 unspecified atom stereocenters. The lowest BCUT2D eigenvalue weighted by molar-refractivity contribution is -0.151. The van der Waals surface area contributed by atoms with Crippen molar-refractivity contribution in [1.29, 1.82) is 0 Å². The lowest BCUT2D eigenvalue weighted by Gasteiger charge is -2.38. The average Bonchev–Trinajstić information content (AvgIpc) is 3.20. The standard InChI is InChI=1S/C28H35N3O6/c1-5-36-20-11-9-19(10-12-20)30-14-6-8-21-22(25(30)33)23-26(34)31(18(4)16-32)24-27(35)29(17(2)3)15-7-13-28(23,24)37-21/h6-13,17-18,21-24,32H,5,14-16H2,1-4H3/t18-,21-,22+,23+,24?,28+/m1/s1. The zero-order valence-corrected chi connectivity index (χ0v) is 21.7. The fourth-order valence-corrected chi connectivity index (χ4v) is 6.24. The van der Waals surface area contributed by atoms with E-state index < -0.39 is 35.6 Å². The van der Waals surface area contributed by atoms with E-state index in [2.05, 4.69) is 0 Å². The molecule has 1 aromatic carbocycles. The van der Waals surface area contributed by atoms with Crippen LogP contribution in [0.5, 0.6) is 5.75 Å². The van der Waals surface area contributed by atoms with Gasteiger partial charge in [-0.3, -0.25) is 14.4 Å². The molecule has 4 aliphatic heterocycles. The largest absolute Gasteiger partial charge is 0.494 e. The van der Waals surface area contributed by atoms with Crippen molar-refractivity contribution in [1.82, 2.24) is 9.80 Å². The second-order valence-electron chi connectivity index (χ2n) is 10.4. The van der Waals surface area contributed by atoms with Crippen LogP contribution in [0.25, 0.3) is 0 Å². The molecule has 1 spiro atoms. The van der Waals surface area contributed by atoms with Crippen molar-refractivity contribution >= 4 is 23.4 Å². The molecule has 0 saturated carbocycles. The summed E-state index contributed by atoms with van der Waals surface area (Å²) in [5, 5.41) is 10.0. The van der Waals surface area contributed by atoms with Gasteiger partial charge in [0.1, 0.15) is 17.4 Å². The van der Waals surface area contributed by atoms with E-state index in [-0.39, 0.29) is 30.4 Å². The summed E-state index contributed by atoms with van der Waals surface area (Å²) in [5.41, 5.74) is -0.598. The summed E-state index contributed by atoms with van der Waals surface area (Å²) >= 11 is 0. The molecule has 6 atom stereocenters. The topological polar surface area (TPSA) is 99.6 Å². The molecule has 198 valence electrons. The van der Waals surface area contributed by atoms with Gasteiger partial charge in [0.15, 0.2) is 0 Å². The number of hydrogen-bond donors (Lipinski definition) is 1. The molecule has 0 radical (unpaired) electrons. The average molecular weight is 510 g/mol. The highest BCUT2D eigenvalue weighted by molar-refractivity contribution is 6.04. The van der Waals surface area contributed by atoms with Gasteiger partial charge in [-0.25, -0.2) is 0 Å². The number of aliphatic hydroxyl groups excluding tert-OH is 1. The molecule has 9 nitrogen and oxygen atoms in total. The van der Waals surface area contributed by atoms with Gasteiger partial charge in [0.25, 0.3) is 0 Å². The van der Waals surface area contributed by atoms with Crippen LogP contribution in [0, 0.1) is 11.8 Å². The molecule has 3 amide bonds. The number of fused-ring (bicyclic) bond motifs is 2. The molecule has 4 aliphatic rings. The number of amides is 3. The fraction of sp³-hybridized carbons (Fsp3) is 0.536. The second-order valence-corrected chi connectivity index (χ2v) is 10.4. The first-order valence-electron chi connectivity index (χ1n) is 13.0. The van der Waals surface area contributed by atoms with E-state index in [0.717, 1.165) is 0 Å². The Morgan fingerprint density at radius 3 is 2.43 bits per heavy atom. The van der Waals surface area contributed by atoms with Crippen LogP contribution in [-0.4, -0.2) is 88.8 Å². The van der Waals surface area contributed by atoms with Gasteiger partial charge in [0.2, 0.25) is 17.7 Å². The highest BCUT2D eigenvalue weighted by Crippen LogP contribution is 2.54. The number of carbonyl (C=O) groups is 3. The number of hydrogen-bond acceptors (Lipinski definition) is 6. The van der Waals surface area contributed by atoms with Gasteiger partial charge in [0, 0.05) is 24.8 Å². The van der Waals surface area contributed by atoms with Gasteiger partial charge in [0.05, 0.1) is 37.2 Å². The third-order valence-electron chi connectivity index (χ3n) is 7.95. The molecule has 2 fully saturated rings. The summed E-state index contributed by atoms with van der Waals surface area (Å²) in [5.74, 6) is -1.77. The van der Waals surface area contributed by atoms with Crippen LogP contribution in [-0.2, 0) is 19.1 Å². The number of nitrogens with zero attached hydrogens (tertiary/aromatic N) is 3. The van der Waals surface area contributed by atoms with Gasteiger partial charge in [-0.15, -0.1) is 0 Å². The predicted molar refractivity (Wildman–Crippen MR) is 137 cm³/mol. The van der Waals surface area contributed by atoms with Crippen molar-refractivity contribution < 1.29 is 29.0 Å². The van der Waals surface area contributed by atoms with Gasteiger partial charge in [-0.2, -0.15) is 0 Å². The van der Waals surface area contributed by atoms with E-state index in [9.17, 15) is 19.5 Å². The van der Waals surface area contributed by atoms with E-state index in [4.69, 9.17) is 9.47 Å². The lowest BCUT2D eigenvalue weighted by Crippen LogP contribution is -2.58. The molecule has 5 rings (SSSR count). The Morgan fingerprint density at radius 2 is 1.78 bits per heavy atom. The van der Waals surface area contributed by atoms with Crippen molar-refractivity contribution in [2.45, 2.75) is 57.5 Å². The number of rotatable bonds is 6. The van der Waals surface area contributed by atoms with Crippen molar-refractivity contribution in [3.05, 3.63) is 48.6 Å². The van der Waals surface area contributed by atoms with E-state index in [0.29, 0.717) is 31.1 Å². The molecule has 2 saturated heterocycles. The molecular weight excluding hydrogens is 474 g/mol. The summed E-state index contributed by atoms with van der Waals surface area (Å²) in [6.07, 6.45) is 6.77. The Hall–Kier alpha value is -3.17. The highest BCUT2D eigenvalue weighted by atomic mass is 16.5. The number of likely N-dealkylation sites (tertiary alicyclic amines) is 1. The molecule has 1 N–H and O–H groups in total. The predicted octanol–water partition coefficient (Wildman–Crippen LogP) is 1.76. The van der Waals surface area contributed by atoms with Crippen molar-refractivity contribution in [2.24, 2.45) is 11.8 Å². The first-order chi connectivity index (χ1) is 17.7. The van der Waals surface area contributed by atoms with Gasteiger partial charge in [-0.05, 0) is 52.0 Å². The van der Waals surface area contributed by atoms with Crippen LogP contribution in [0.3, 0.4) is 0 Å². The molecule has 9 heteroatoms.